The summed E-state index contributed by atoms with van der Waals surface area (Å²) in [5.41, 5.74) is 0.873. The van der Waals surface area contributed by atoms with Gasteiger partial charge >= 0.3 is 0 Å². The van der Waals surface area contributed by atoms with Gasteiger partial charge in [0.1, 0.15) is 11.7 Å². The fraction of sp³-hybridized carbons (Fsp3) is 0.231. The summed E-state index contributed by atoms with van der Waals surface area (Å²) in [6, 6.07) is 8.61. The van der Waals surface area contributed by atoms with Gasteiger partial charge in [-0.2, -0.15) is 0 Å². The molecule has 0 N–H and O–H groups in total. The van der Waals surface area contributed by atoms with Crippen molar-refractivity contribution < 1.29 is 9.59 Å². The SMILES string of the molecule is C=C1C(=O)N(C)[C@H](C)C(=O)N1c1ccccc1. The van der Waals surface area contributed by atoms with Crippen LogP contribution in [-0.2, 0) is 9.59 Å². The van der Waals surface area contributed by atoms with Gasteiger partial charge in [-0.3, -0.25) is 14.5 Å². The highest BCUT2D eigenvalue weighted by Crippen LogP contribution is 2.25. The van der Waals surface area contributed by atoms with Crippen molar-refractivity contribution in [3.63, 3.8) is 0 Å². The lowest BCUT2D eigenvalue weighted by atomic mass is 10.1. The zero-order valence-electron chi connectivity index (χ0n) is 9.88. The van der Waals surface area contributed by atoms with Crippen molar-refractivity contribution in [3.05, 3.63) is 42.6 Å². The van der Waals surface area contributed by atoms with E-state index in [-0.39, 0.29) is 17.5 Å². The van der Waals surface area contributed by atoms with E-state index in [1.165, 1.54) is 9.80 Å². The van der Waals surface area contributed by atoms with E-state index in [1.807, 2.05) is 18.2 Å². The van der Waals surface area contributed by atoms with E-state index in [2.05, 4.69) is 6.58 Å². The second-order valence-corrected chi connectivity index (χ2v) is 4.05. The number of carbonyl (C=O) groups excluding carboxylic acids is 2. The Morgan fingerprint density at radius 2 is 1.76 bits per heavy atom. The predicted octanol–water partition coefficient (Wildman–Crippen LogP) is 1.39. The van der Waals surface area contributed by atoms with Crippen molar-refractivity contribution in [1.82, 2.24) is 4.90 Å². The van der Waals surface area contributed by atoms with Gasteiger partial charge in [-0.25, -0.2) is 0 Å². The molecule has 0 radical (unpaired) electrons. The van der Waals surface area contributed by atoms with Crippen molar-refractivity contribution in [2.24, 2.45) is 0 Å². The van der Waals surface area contributed by atoms with Crippen LogP contribution in [0.15, 0.2) is 42.6 Å². The molecule has 1 saturated heterocycles. The minimum Gasteiger partial charge on any atom is -0.329 e. The third-order valence-electron chi connectivity index (χ3n) is 3.01. The first-order valence-corrected chi connectivity index (χ1v) is 5.39. The number of piperazine rings is 1. The van der Waals surface area contributed by atoms with Crippen LogP contribution < -0.4 is 4.90 Å². The number of rotatable bonds is 1. The molecule has 1 atom stereocenters. The van der Waals surface area contributed by atoms with Gasteiger partial charge in [0.05, 0.1) is 0 Å². The molecule has 1 aliphatic rings. The van der Waals surface area contributed by atoms with Gasteiger partial charge in [0, 0.05) is 12.7 Å². The smallest absolute Gasteiger partial charge is 0.270 e. The fourth-order valence-electron chi connectivity index (χ4n) is 1.82. The van der Waals surface area contributed by atoms with Gasteiger partial charge < -0.3 is 4.90 Å². The molecule has 1 aromatic carbocycles. The fourth-order valence-corrected chi connectivity index (χ4v) is 1.82. The molecule has 2 rings (SSSR count). The zero-order chi connectivity index (χ0) is 12.6. The van der Waals surface area contributed by atoms with Crippen LogP contribution in [0, 0.1) is 0 Å². The van der Waals surface area contributed by atoms with Crippen LogP contribution in [0.2, 0.25) is 0 Å². The quantitative estimate of drug-likeness (QED) is 0.684. The van der Waals surface area contributed by atoms with Crippen LogP contribution >= 0.6 is 0 Å². The molecule has 0 bridgehead atoms. The minimum absolute atomic E-state index is 0.136. The normalized spacial score (nSPS) is 21.1. The molecule has 0 aliphatic carbocycles. The molecule has 17 heavy (non-hydrogen) atoms. The maximum absolute atomic E-state index is 12.2. The van der Waals surface area contributed by atoms with E-state index < -0.39 is 6.04 Å². The summed E-state index contributed by atoms with van der Waals surface area (Å²) in [6.07, 6.45) is 0. The zero-order valence-corrected chi connectivity index (χ0v) is 9.88. The van der Waals surface area contributed by atoms with Crippen LogP contribution in [0.4, 0.5) is 5.69 Å². The maximum atomic E-state index is 12.2. The van der Waals surface area contributed by atoms with Crippen molar-refractivity contribution in [2.75, 3.05) is 11.9 Å². The second kappa shape index (κ2) is 4.05. The van der Waals surface area contributed by atoms with Gasteiger partial charge in [0.15, 0.2) is 0 Å². The standard InChI is InChI=1S/C13H14N2O2/c1-9-13(17)15(10(2)12(16)14(9)3)11-7-5-4-6-8-11/h4-9H,2H2,1,3H3/t9-/m1/s1. The Labute approximate surface area is 100 Å². The molecule has 1 aliphatic heterocycles. The summed E-state index contributed by atoms with van der Waals surface area (Å²) in [6.45, 7) is 5.41. The number of likely N-dealkylation sites (N-methyl/N-ethyl adjacent to an activating group) is 1. The monoisotopic (exact) mass is 230 g/mol. The highest BCUT2D eigenvalue weighted by atomic mass is 16.2. The minimum atomic E-state index is -0.465. The first kappa shape index (κ1) is 11.4. The molecule has 4 heteroatoms. The molecule has 0 spiro atoms. The lowest BCUT2D eigenvalue weighted by molar-refractivity contribution is -0.137. The summed E-state index contributed by atoms with van der Waals surface area (Å²) in [4.78, 5) is 26.8. The van der Waals surface area contributed by atoms with Crippen LogP contribution in [0.25, 0.3) is 0 Å². The number of benzene rings is 1. The summed E-state index contributed by atoms with van der Waals surface area (Å²) in [5, 5.41) is 0. The Morgan fingerprint density at radius 3 is 2.35 bits per heavy atom. The Kier molecular flexibility index (Phi) is 2.71. The van der Waals surface area contributed by atoms with Crippen LogP contribution in [-0.4, -0.2) is 29.8 Å². The highest BCUT2D eigenvalue weighted by molar-refractivity contribution is 6.14. The average molecular weight is 230 g/mol. The van der Waals surface area contributed by atoms with Crippen molar-refractivity contribution in [3.8, 4) is 0 Å². The second-order valence-electron chi connectivity index (χ2n) is 4.05. The number of nitrogens with zero attached hydrogens (tertiary/aromatic N) is 2. The van der Waals surface area contributed by atoms with Crippen LogP contribution in [0.3, 0.4) is 0 Å². The number of para-hydroxylation sites is 1. The topological polar surface area (TPSA) is 40.6 Å². The number of carbonyl (C=O) groups is 2. The molecule has 0 unspecified atom stereocenters. The van der Waals surface area contributed by atoms with Gasteiger partial charge in [0.25, 0.3) is 11.8 Å². The predicted molar refractivity (Wildman–Crippen MR) is 65.3 cm³/mol. The lowest BCUT2D eigenvalue weighted by Gasteiger charge is -2.37. The van der Waals surface area contributed by atoms with Crippen LogP contribution in [0.1, 0.15) is 6.92 Å². The number of hydrogen-bond acceptors (Lipinski definition) is 2. The molecule has 1 aromatic rings. The Morgan fingerprint density at radius 1 is 1.18 bits per heavy atom. The first-order chi connectivity index (χ1) is 8.04. The van der Waals surface area contributed by atoms with Gasteiger partial charge in [-0.1, -0.05) is 24.8 Å². The summed E-state index contributed by atoms with van der Waals surface area (Å²) < 4.78 is 0. The van der Waals surface area contributed by atoms with Crippen molar-refractivity contribution >= 4 is 17.5 Å². The van der Waals surface area contributed by atoms with Crippen molar-refractivity contribution in [1.29, 1.82) is 0 Å². The Hall–Kier alpha value is -2.10. The lowest BCUT2D eigenvalue weighted by Crippen LogP contribution is -2.55. The molecular weight excluding hydrogens is 216 g/mol. The van der Waals surface area contributed by atoms with E-state index >= 15 is 0 Å². The molecule has 0 aromatic heterocycles. The molecule has 1 heterocycles. The summed E-state index contributed by atoms with van der Waals surface area (Å²) in [5.74, 6) is -0.357. The Balaban J connectivity index is 2.44. The summed E-state index contributed by atoms with van der Waals surface area (Å²) >= 11 is 0. The van der Waals surface area contributed by atoms with Gasteiger partial charge in [-0.15, -0.1) is 0 Å². The molecule has 2 amide bonds. The van der Waals surface area contributed by atoms with E-state index in [0.29, 0.717) is 5.69 Å². The molecule has 1 fully saturated rings. The van der Waals surface area contributed by atoms with E-state index in [1.54, 1.807) is 26.1 Å². The highest BCUT2D eigenvalue weighted by Gasteiger charge is 2.38. The number of anilines is 1. The van der Waals surface area contributed by atoms with E-state index in [0.717, 1.165) is 0 Å². The van der Waals surface area contributed by atoms with Crippen molar-refractivity contribution in [2.45, 2.75) is 13.0 Å². The molecular formula is C13H14N2O2. The van der Waals surface area contributed by atoms with E-state index in [4.69, 9.17) is 0 Å². The van der Waals surface area contributed by atoms with E-state index in [9.17, 15) is 9.59 Å². The number of amides is 2. The van der Waals surface area contributed by atoms with Gasteiger partial charge in [0.2, 0.25) is 0 Å². The molecule has 4 nitrogen and oxygen atoms in total. The third kappa shape index (κ3) is 1.71. The average Bonchev–Trinajstić information content (AvgIpc) is 2.36. The van der Waals surface area contributed by atoms with Crippen LogP contribution in [0.5, 0.6) is 0 Å². The Bertz CT molecular complexity index is 481. The maximum Gasteiger partial charge on any atom is 0.270 e. The molecule has 0 saturated carbocycles. The first-order valence-electron chi connectivity index (χ1n) is 5.39. The molecule has 88 valence electrons. The largest absolute Gasteiger partial charge is 0.329 e. The third-order valence-corrected chi connectivity index (χ3v) is 3.01. The van der Waals surface area contributed by atoms with Gasteiger partial charge in [-0.05, 0) is 19.1 Å². The summed E-state index contributed by atoms with van der Waals surface area (Å²) in [7, 11) is 1.61. The number of hydrogen-bond donors (Lipinski definition) is 0.